The Labute approximate surface area is 172 Å². The molecule has 1 aliphatic heterocycles. The van der Waals surface area contributed by atoms with Crippen molar-refractivity contribution in [3.8, 4) is 17.2 Å². The maximum Gasteiger partial charge on any atom is 0.165 e. The van der Waals surface area contributed by atoms with Crippen molar-refractivity contribution in [3.63, 3.8) is 0 Å². The van der Waals surface area contributed by atoms with Gasteiger partial charge < -0.3 is 19.1 Å². The molecule has 1 aromatic heterocycles. The molecule has 0 amide bonds. The van der Waals surface area contributed by atoms with Crippen molar-refractivity contribution in [2.24, 2.45) is 0 Å². The minimum atomic E-state index is -0.00235. The lowest BCUT2D eigenvalue weighted by Crippen LogP contribution is -2.30. The van der Waals surface area contributed by atoms with E-state index in [1.807, 2.05) is 18.2 Å². The van der Waals surface area contributed by atoms with E-state index >= 15 is 0 Å². The molecule has 5 nitrogen and oxygen atoms in total. The number of phenols is 1. The molecule has 3 aromatic rings. The molecular weight excluding hydrogens is 364 g/mol. The average molecular weight is 392 g/mol. The molecular formula is C24H28N2O3. The Bertz CT molecular complexity index is 996. The van der Waals surface area contributed by atoms with E-state index in [9.17, 15) is 5.11 Å². The van der Waals surface area contributed by atoms with Crippen molar-refractivity contribution in [3.05, 3.63) is 77.1 Å². The molecule has 29 heavy (non-hydrogen) atoms. The molecule has 0 fully saturated rings. The van der Waals surface area contributed by atoms with Gasteiger partial charge in [-0.3, -0.25) is 4.90 Å². The first kappa shape index (κ1) is 19.4. The Morgan fingerprint density at radius 2 is 1.90 bits per heavy atom. The van der Waals surface area contributed by atoms with E-state index in [1.54, 1.807) is 20.3 Å². The number of aromatic hydroxyl groups is 1. The van der Waals surface area contributed by atoms with Crippen molar-refractivity contribution in [2.45, 2.75) is 32.5 Å². The van der Waals surface area contributed by atoms with E-state index in [-0.39, 0.29) is 6.04 Å². The highest BCUT2D eigenvalue weighted by Crippen LogP contribution is 2.42. The van der Waals surface area contributed by atoms with E-state index in [0.29, 0.717) is 12.3 Å². The third-order valence-corrected chi connectivity index (χ3v) is 5.69. The number of hydrogen-bond donors (Lipinski definition) is 1. The Morgan fingerprint density at radius 1 is 1.03 bits per heavy atom. The molecule has 2 heterocycles. The van der Waals surface area contributed by atoms with Crippen LogP contribution in [-0.4, -0.2) is 35.3 Å². The fourth-order valence-corrected chi connectivity index (χ4v) is 4.35. The molecule has 0 saturated heterocycles. The monoisotopic (exact) mass is 392 g/mol. The van der Waals surface area contributed by atoms with Gasteiger partial charge in [-0.15, -0.1) is 0 Å². The molecule has 0 unspecified atom stereocenters. The SMILES string of the molecule is COc1cccc([C@H]2c3cccn3CCCN2Cc2cc(C)ccc2O)c1OC. The highest BCUT2D eigenvalue weighted by Gasteiger charge is 2.31. The number of methoxy groups -OCH3 is 2. The molecule has 1 aliphatic rings. The van der Waals surface area contributed by atoms with Crippen LogP contribution in [0.25, 0.3) is 0 Å². The fraction of sp³-hybridized carbons (Fsp3) is 0.333. The summed E-state index contributed by atoms with van der Waals surface area (Å²) >= 11 is 0. The first-order valence-electron chi connectivity index (χ1n) is 10.0. The topological polar surface area (TPSA) is 46.9 Å². The summed E-state index contributed by atoms with van der Waals surface area (Å²) in [4.78, 5) is 2.42. The average Bonchev–Trinajstić information content (AvgIpc) is 3.11. The Morgan fingerprint density at radius 3 is 2.69 bits per heavy atom. The highest BCUT2D eigenvalue weighted by molar-refractivity contribution is 5.50. The van der Waals surface area contributed by atoms with Gasteiger partial charge in [0.05, 0.1) is 20.3 Å². The summed E-state index contributed by atoms with van der Waals surface area (Å²) in [6.07, 6.45) is 3.18. The van der Waals surface area contributed by atoms with Gasteiger partial charge in [-0.05, 0) is 37.6 Å². The van der Waals surface area contributed by atoms with Crippen molar-refractivity contribution in [1.82, 2.24) is 9.47 Å². The lowest BCUT2D eigenvalue weighted by molar-refractivity contribution is 0.212. The third kappa shape index (κ3) is 3.70. The maximum atomic E-state index is 10.5. The number of aromatic nitrogens is 1. The van der Waals surface area contributed by atoms with Gasteiger partial charge in [-0.2, -0.15) is 0 Å². The van der Waals surface area contributed by atoms with Gasteiger partial charge in [0, 0.05) is 42.7 Å². The van der Waals surface area contributed by atoms with Crippen LogP contribution >= 0.6 is 0 Å². The highest BCUT2D eigenvalue weighted by atomic mass is 16.5. The van der Waals surface area contributed by atoms with Gasteiger partial charge in [0.25, 0.3) is 0 Å². The van der Waals surface area contributed by atoms with Crippen LogP contribution in [0, 0.1) is 6.92 Å². The van der Waals surface area contributed by atoms with E-state index in [0.717, 1.165) is 47.7 Å². The van der Waals surface area contributed by atoms with E-state index in [2.05, 4.69) is 46.9 Å². The smallest absolute Gasteiger partial charge is 0.165 e. The van der Waals surface area contributed by atoms with Gasteiger partial charge in [-0.25, -0.2) is 0 Å². The number of ether oxygens (including phenoxy) is 2. The van der Waals surface area contributed by atoms with Crippen LogP contribution in [0.3, 0.4) is 0 Å². The zero-order valence-electron chi connectivity index (χ0n) is 17.3. The summed E-state index contributed by atoms with van der Waals surface area (Å²) in [7, 11) is 3.35. The third-order valence-electron chi connectivity index (χ3n) is 5.69. The second-order valence-electron chi connectivity index (χ2n) is 7.57. The molecule has 0 bridgehead atoms. The van der Waals surface area contributed by atoms with Crippen LogP contribution in [0.5, 0.6) is 17.2 Å². The molecule has 0 saturated carbocycles. The number of aryl methyl sites for hydroxylation is 2. The summed E-state index contributed by atoms with van der Waals surface area (Å²) < 4.78 is 13.7. The minimum Gasteiger partial charge on any atom is -0.508 e. The molecule has 1 N–H and O–H groups in total. The number of rotatable bonds is 5. The molecule has 1 atom stereocenters. The van der Waals surface area contributed by atoms with Gasteiger partial charge in [0.15, 0.2) is 11.5 Å². The summed E-state index contributed by atoms with van der Waals surface area (Å²) in [5.41, 5.74) is 4.38. The second kappa shape index (κ2) is 8.21. The number of phenolic OH excluding ortho intramolecular Hbond substituents is 1. The van der Waals surface area contributed by atoms with Gasteiger partial charge in [0.2, 0.25) is 0 Å². The Hall–Kier alpha value is -2.92. The summed E-state index contributed by atoms with van der Waals surface area (Å²) in [5.74, 6) is 1.82. The van der Waals surface area contributed by atoms with Crippen LogP contribution < -0.4 is 9.47 Å². The lowest BCUT2D eigenvalue weighted by atomic mass is 9.99. The van der Waals surface area contributed by atoms with E-state index < -0.39 is 0 Å². The maximum absolute atomic E-state index is 10.5. The molecule has 0 spiro atoms. The van der Waals surface area contributed by atoms with Crippen LogP contribution in [0.4, 0.5) is 0 Å². The van der Waals surface area contributed by atoms with Crippen molar-refractivity contribution in [1.29, 1.82) is 0 Å². The van der Waals surface area contributed by atoms with Crippen LogP contribution in [0.2, 0.25) is 0 Å². The van der Waals surface area contributed by atoms with Gasteiger partial charge in [-0.1, -0.05) is 29.8 Å². The minimum absolute atomic E-state index is 0.00235. The summed E-state index contributed by atoms with van der Waals surface area (Å²) in [5, 5.41) is 10.5. The standard InChI is InChI=1S/C24H28N2O3/c1-17-10-11-21(27)18(15-17)16-26-14-6-13-25-12-5-8-20(25)23(26)19-7-4-9-22(28-2)24(19)29-3/h4-5,7-12,15,23,27H,6,13-14,16H2,1-3H3/t23-/m0/s1. The molecule has 5 heteroatoms. The van der Waals surface area contributed by atoms with Crippen LogP contribution in [0.1, 0.15) is 34.8 Å². The fourth-order valence-electron chi connectivity index (χ4n) is 4.35. The zero-order valence-corrected chi connectivity index (χ0v) is 17.3. The Balaban J connectivity index is 1.83. The van der Waals surface area contributed by atoms with Gasteiger partial charge >= 0.3 is 0 Å². The number of hydrogen-bond acceptors (Lipinski definition) is 4. The van der Waals surface area contributed by atoms with Crippen molar-refractivity contribution < 1.29 is 14.6 Å². The first-order valence-corrected chi connectivity index (χ1v) is 10.0. The molecule has 4 rings (SSSR count). The normalized spacial score (nSPS) is 16.9. The molecule has 2 aromatic carbocycles. The van der Waals surface area contributed by atoms with E-state index in [1.165, 1.54) is 5.69 Å². The number of fused-ring (bicyclic) bond motifs is 1. The molecule has 0 radical (unpaired) electrons. The number of para-hydroxylation sites is 1. The zero-order chi connectivity index (χ0) is 20.4. The van der Waals surface area contributed by atoms with Crippen LogP contribution in [0.15, 0.2) is 54.7 Å². The summed E-state index contributed by atoms with van der Waals surface area (Å²) in [6.45, 7) is 4.60. The van der Waals surface area contributed by atoms with Crippen molar-refractivity contribution in [2.75, 3.05) is 20.8 Å². The lowest BCUT2D eigenvalue weighted by Gasteiger charge is -2.32. The Kier molecular flexibility index (Phi) is 5.49. The quantitative estimate of drug-likeness (QED) is 0.694. The number of benzene rings is 2. The molecule has 0 aliphatic carbocycles. The number of nitrogens with zero attached hydrogens (tertiary/aromatic N) is 2. The predicted octanol–water partition coefficient (Wildman–Crippen LogP) is 4.51. The largest absolute Gasteiger partial charge is 0.508 e. The first-order chi connectivity index (χ1) is 14.1. The second-order valence-corrected chi connectivity index (χ2v) is 7.57. The van der Waals surface area contributed by atoms with E-state index in [4.69, 9.17) is 9.47 Å². The van der Waals surface area contributed by atoms with Crippen LogP contribution in [-0.2, 0) is 13.1 Å². The molecule has 152 valence electrons. The predicted molar refractivity (Wildman–Crippen MR) is 114 cm³/mol. The summed E-state index contributed by atoms with van der Waals surface area (Å²) in [6, 6.07) is 16.1. The van der Waals surface area contributed by atoms with Gasteiger partial charge in [0.1, 0.15) is 5.75 Å². The van der Waals surface area contributed by atoms with Crippen molar-refractivity contribution >= 4 is 0 Å².